The molecule has 0 radical (unpaired) electrons. The molecule has 1 saturated heterocycles. The molecule has 4 aromatic rings. The molecule has 39 heavy (non-hydrogen) atoms. The highest BCUT2D eigenvalue weighted by Gasteiger charge is 2.32. The molecular weight excluding hydrogens is 488 g/mol. The molecule has 1 fully saturated rings. The number of hydrogen-bond donors (Lipinski definition) is 0. The van der Waals surface area contributed by atoms with Crippen LogP contribution in [0.2, 0.25) is 0 Å². The van der Waals surface area contributed by atoms with Crippen LogP contribution in [0.4, 0.5) is 0 Å². The second-order valence-electron chi connectivity index (χ2n) is 9.86. The van der Waals surface area contributed by atoms with Crippen LogP contribution in [-0.2, 0) is 0 Å². The fraction of sp³-hybridized carbons (Fsp3) is 0.323. The largest absolute Gasteiger partial charge is 0.493 e. The van der Waals surface area contributed by atoms with Crippen molar-refractivity contribution in [2.24, 2.45) is 0 Å². The van der Waals surface area contributed by atoms with Crippen LogP contribution in [0.3, 0.4) is 0 Å². The Morgan fingerprint density at radius 3 is 2.26 bits per heavy atom. The van der Waals surface area contributed by atoms with Gasteiger partial charge in [-0.1, -0.05) is 66.7 Å². The number of methoxy groups -OCH3 is 2. The number of benzene rings is 3. The van der Waals surface area contributed by atoms with Crippen LogP contribution in [0, 0.1) is 13.8 Å². The standard InChI is InChI=1S/C31H36N6O2/c1-23-10-8-11-24(2)29(23)37-31(32-33-34-37)30(26-15-16-27(38-3)28(22-26)39-4)36-20-18-35(19-21-36)17-9-14-25-12-6-5-7-13-25/h5-16,22,30H,17-21H2,1-4H3/t30-/m1/s1. The van der Waals surface area contributed by atoms with E-state index in [1.54, 1.807) is 14.2 Å². The quantitative estimate of drug-likeness (QED) is 0.314. The first-order valence-corrected chi connectivity index (χ1v) is 13.3. The van der Waals surface area contributed by atoms with Crippen molar-refractivity contribution in [2.75, 3.05) is 46.9 Å². The Morgan fingerprint density at radius 2 is 1.56 bits per heavy atom. The molecule has 0 spiro atoms. The van der Waals surface area contributed by atoms with Crippen LogP contribution in [-0.4, -0.2) is 77.0 Å². The van der Waals surface area contributed by atoms with Crippen molar-refractivity contribution in [3.05, 3.63) is 101 Å². The third-order valence-corrected chi connectivity index (χ3v) is 7.36. The number of hydrogen-bond acceptors (Lipinski definition) is 7. The van der Waals surface area contributed by atoms with Crippen LogP contribution < -0.4 is 9.47 Å². The molecule has 1 aliphatic rings. The second kappa shape index (κ2) is 12.2. The molecule has 0 unspecified atom stereocenters. The summed E-state index contributed by atoms with van der Waals surface area (Å²) in [5, 5.41) is 13.2. The Kier molecular flexibility index (Phi) is 8.34. The van der Waals surface area contributed by atoms with Gasteiger partial charge in [0.15, 0.2) is 17.3 Å². The zero-order chi connectivity index (χ0) is 27.2. The van der Waals surface area contributed by atoms with Gasteiger partial charge in [-0.25, -0.2) is 0 Å². The summed E-state index contributed by atoms with van der Waals surface area (Å²) in [7, 11) is 3.32. The van der Waals surface area contributed by atoms with E-state index >= 15 is 0 Å². The molecule has 8 nitrogen and oxygen atoms in total. The molecule has 0 N–H and O–H groups in total. The molecule has 2 heterocycles. The third-order valence-electron chi connectivity index (χ3n) is 7.36. The highest BCUT2D eigenvalue weighted by molar-refractivity contribution is 5.50. The monoisotopic (exact) mass is 524 g/mol. The molecule has 5 rings (SSSR count). The molecule has 3 aromatic carbocycles. The van der Waals surface area contributed by atoms with E-state index in [-0.39, 0.29) is 6.04 Å². The number of rotatable bonds is 9. The van der Waals surface area contributed by atoms with Gasteiger partial charge in [-0.15, -0.1) is 5.10 Å². The lowest BCUT2D eigenvalue weighted by atomic mass is 10.0. The number of ether oxygens (including phenoxy) is 2. The Balaban J connectivity index is 1.44. The third kappa shape index (κ3) is 5.87. The van der Waals surface area contributed by atoms with Crippen molar-refractivity contribution < 1.29 is 9.47 Å². The molecule has 1 aromatic heterocycles. The van der Waals surface area contributed by atoms with E-state index in [1.807, 2.05) is 22.9 Å². The van der Waals surface area contributed by atoms with Crippen LogP contribution >= 0.6 is 0 Å². The fourth-order valence-corrected chi connectivity index (χ4v) is 5.32. The fourth-order valence-electron chi connectivity index (χ4n) is 5.32. The van der Waals surface area contributed by atoms with Crippen molar-refractivity contribution >= 4 is 6.08 Å². The lowest BCUT2D eigenvalue weighted by molar-refractivity contribution is 0.113. The number of aryl methyl sites for hydroxylation is 2. The zero-order valence-corrected chi connectivity index (χ0v) is 23.1. The minimum atomic E-state index is -0.152. The Labute approximate surface area is 230 Å². The van der Waals surface area contributed by atoms with Crippen LogP contribution in [0.5, 0.6) is 11.5 Å². The average molecular weight is 525 g/mol. The van der Waals surface area contributed by atoms with E-state index in [4.69, 9.17) is 9.47 Å². The SMILES string of the molecule is COc1ccc([C@H](c2nnnn2-c2c(C)cccc2C)N2CCN(CC=Cc3ccccc3)CC2)cc1OC. The highest BCUT2D eigenvalue weighted by atomic mass is 16.5. The van der Waals surface area contributed by atoms with Gasteiger partial charge in [0.25, 0.3) is 0 Å². The minimum absolute atomic E-state index is 0.152. The second-order valence-corrected chi connectivity index (χ2v) is 9.86. The van der Waals surface area contributed by atoms with Crippen molar-refractivity contribution in [1.82, 2.24) is 30.0 Å². The molecule has 1 atom stereocenters. The summed E-state index contributed by atoms with van der Waals surface area (Å²) in [6, 6.07) is 22.6. The number of piperazine rings is 1. The van der Waals surface area contributed by atoms with E-state index in [1.165, 1.54) is 5.56 Å². The van der Waals surface area contributed by atoms with Gasteiger partial charge in [-0.3, -0.25) is 9.80 Å². The van der Waals surface area contributed by atoms with Gasteiger partial charge in [0, 0.05) is 32.7 Å². The lowest BCUT2D eigenvalue weighted by Gasteiger charge is -2.38. The predicted molar refractivity (Wildman–Crippen MR) is 154 cm³/mol. The first kappa shape index (κ1) is 26.6. The molecule has 0 bridgehead atoms. The molecule has 0 amide bonds. The highest BCUT2D eigenvalue weighted by Crippen LogP contribution is 2.36. The summed E-state index contributed by atoms with van der Waals surface area (Å²) in [5.74, 6) is 2.18. The maximum Gasteiger partial charge on any atom is 0.178 e. The van der Waals surface area contributed by atoms with E-state index in [9.17, 15) is 0 Å². The Hall–Kier alpha value is -4.01. The van der Waals surface area contributed by atoms with Crippen molar-refractivity contribution in [2.45, 2.75) is 19.9 Å². The average Bonchev–Trinajstić information content (AvgIpc) is 3.43. The predicted octanol–water partition coefficient (Wildman–Crippen LogP) is 4.72. The summed E-state index contributed by atoms with van der Waals surface area (Å²) in [6.07, 6.45) is 4.44. The van der Waals surface area contributed by atoms with Crippen LogP contribution in [0.25, 0.3) is 11.8 Å². The van der Waals surface area contributed by atoms with E-state index in [2.05, 4.69) is 99.9 Å². The summed E-state index contributed by atoms with van der Waals surface area (Å²) < 4.78 is 13.1. The summed E-state index contributed by atoms with van der Waals surface area (Å²) in [5.41, 5.74) is 5.57. The summed E-state index contributed by atoms with van der Waals surface area (Å²) in [4.78, 5) is 4.95. The van der Waals surface area contributed by atoms with Gasteiger partial charge < -0.3 is 9.47 Å². The van der Waals surface area contributed by atoms with Gasteiger partial charge in [0.1, 0.15) is 0 Å². The first-order valence-electron chi connectivity index (χ1n) is 13.3. The van der Waals surface area contributed by atoms with E-state index in [0.29, 0.717) is 11.5 Å². The Morgan fingerprint density at radius 1 is 0.846 bits per heavy atom. The van der Waals surface area contributed by atoms with Crippen molar-refractivity contribution in [1.29, 1.82) is 0 Å². The van der Waals surface area contributed by atoms with Gasteiger partial charge in [0.05, 0.1) is 25.9 Å². The Bertz CT molecular complexity index is 1390. The number of tetrazole rings is 1. The van der Waals surface area contributed by atoms with Crippen LogP contribution in [0.15, 0.2) is 72.8 Å². The van der Waals surface area contributed by atoms with Crippen LogP contribution in [0.1, 0.15) is 34.1 Å². The maximum absolute atomic E-state index is 5.66. The molecule has 8 heteroatoms. The normalized spacial score (nSPS) is 15.5. The van der Waals surface area contributed by atoms with Gasteiger partial charge in [-0.05, 0) is 58.7 Å². The van der Waals surface area contributed by atoms with E-state index in [0.717, 1.165) is 60.9 Å². The summed E-state index contributed by atoms with van der Waals surface area (Å²) in [6.45, 7) is 8.79. The van der Waals surface area contributed by atoms with Crippen molar-refractivity contribution in [3.63, 3.8) is 0 Å². The minimum Gasteiger partial charge on any atom is -0.493 e. The molecule has 202 valence electrons. The lowest BCUT2D eigenvalue weighted by Crippen LogP contribution is -2.48. The molecule has 1 aliphatic heterocycles. The van der Waals surface area contributed by atoms with Gasteiger partial charge >= 0.3 is 0 Å². The maximum atomic E-state index is 5.66. The molecule has 0 aliphatic carbocycles. The topological polar surface area (TPSA) is 68.5 Å². The number of aromatic nitrogens is 4. The van der Waals surface area contributed by atoms with Gasteiger partial charge in [0.2, 0.25) is 0 Å². The molecular formula is C31H36N6O2. The van der Waals surface area contributed by atoms with E-state index < -0.39 is 0 Å². The van der Waals surface area contributed by atoms with Gasteiger partial charge in [-0.2, -0.15) is 4.68 Å². The number of nitrogens with zero attached hydrogens (tertiary/aromatic N) is 6. The summed E-state index contributed by atoms with van der Waals surface area (Å²) >= 11 is 0. The zero-order valence-electron chi connectivity index (χ0n) is 23.1. The number of para-hydroxylation sites is 1. The smallest absolute Gasteiger partial charge is 0.178 e. The molecule has 0 saturated carbocycles. The first-order chi connectivity index (χ1) is 19.1. The van der Waals surface area contributed by atoms with Crippen molar-refractivity contribution in [3.8, 4) is 17.2 Å².